The molecule has 0 saturated carbocycles. The summed E-state index contributed by atoms with van der Waals surface area (Å²) in [5.41, 5.74) is 4.21. The van der Waals surface area contributed by atoms with Crippen LogP contribution in [0.4, 0.5) is 5.69 Å². The molecular weight excluding hydrogens is 440 g/mol. The molecule has 176 valence electrons. The van der Waals surface area contributed by atoms with Crippen molar-refractivity contribution < 1.29 is 19.0 Å². The second-order valence-electron chi connectivity index (χ2n) is 7.46. The van der Waals surface area contributed by atoms with E-state index in [0.717, 1.165) is 35.5 Å². The summed E-state index contributed by atoms with van der Waals surface area (Å²) in [4.78, 5) is 12.2. The minimum absolute atomic E-state index is 0. The summed E-state index contributed by atoms with van der Waals surface area (Å²) < 4.78 is 16.3. The van der Waals surface area contributed by atoms with Crippen molar-refractivity contribution in [1.29, 1.82) is 0 Å². The molecule has 33 heavy (non-hydrogen) atoms. The van der Waals surface area contributed by atoms with Gasteiger partial charge in [0.2, 0.25) is 0 Å². The molecule has 3 aromatic carbocycles. The number of aryl methyl sites for hydroxylation is 1. The van der Waals surface area contributed by atoms with E-state index in [4.69, 9.17) is 14.2 Å². The normalized spacial score (nSPS) is 10.2. The highest BCUT2D eigenvalue weighted by atomic mass is 35.5. The molecule has 0 unspecified atom stereocenters. The largest absolute Gasteiger partial charge is 0.497 e. The van der Waals surface area contributed by atoms with Crippen molar-refractivity contribution in [2.24, 2.45) is 0 Å². The molecule has 0 aliphatic heterocycles. The summed E-state index contributed by atoms with van der Waals surface area (Å²) in [7, 11) is 3.26. The molecule has 7 heteroatoms. The van der Waals surface area contributed by atoms with Gasteiger partial charge in [-0.05, 0) is 67.4 Å². The van der Waals surface area contributed by atoms with E-state index >= 15 is 0 Å². The van der Waals surface area contributed by atoms with Gasteiger partial charge in [0.15, 0.2) is 18.1 Å². The number of nitrogens with one attached hydrogen (secondary N) is 2. The van der Waals surface area contributed by atoms with Crippen LogP contribution in [-0.4, -0.2) is 33.3 Å². The third kappa shape index (κ3) is 8.33. The van der Waals surface area contributed by atoms with Crippen LogP contribution in [0.1, 0.15) is 16.7 Å². The van der Waals surface area contributed by atoms with Crippen LogP contribution < -0.4 is 24.8 Å². The Bertz CT molecular complexity index is 1010. The van der Waals surface area contributed by atoms with Crippen LogP contribution in [-0.2, 0) is 17.8 Å². The lowest BCUT2D eigenvalue weighted by Gasteiger charge is -2.13. The number of methoxy groups -OCH3 is 2. The molecule has 3 rings (SSSR count). The summed E-state index contributed by atoms with van der Waals surface area (Å²) in [6.07, 6.45) is 0.929. The highest BCUT2D eigenvalue weighted by Crippen LogP contribution is 2.28. The van der Waals surface area contributed by atoms with Gasteiger partial charge >= 0.3 is 0 Å². The van der Waals surface area contributed by atoms with Crippen LogP contribution in [0, 0.1) is 6.92 Å². The van der Waals surface area contributed by atoms with E-state index in [1.54, 1.807) is 14.2 Å². The van der Waals surface area contributed by atoms with Crippen molar-refractivity contribution in [3.63, 3.8) is 0 Å². The van der Waals surface area contributed by atoms with Crippen molar-refractivity contribution >= 4 is 24.0 Å². The second kappa shape index (κ2) is 13.4. The lowest BCUT2D eigenvalue weighted by molar-refractivity contribution is -0.118. The monoisotopic (exact) mass is 470 g/mol. The average molecular weight is 471 g/mol. The maximum absolute atomic E-state index is 12.2. The predicted molar refractivity (Wildman–Crippen MR) is 134 cm³/mol. The standard InChI is InChI=1S/C26H30N2O4.ClH/c1-19-4-9-22(10-5-19)28-26(29)18-32-24-13-8-21(16-25(24)31-3)17-27-15-14-20-6-11-23(30-2)12-7-20;/h4-13,16,27H,14-15,17-18H2,1-3H3,(H,28,29);1H. The summed E-state index contributed by atoms with van der Waals surface area (Å²) in [5, 5.41) is 6.26. The number of amides is 1. The van der Waals surface area contributed by atoms with E-state index < -0.39 is 0 Å². The third-order valence-electron chi connectivity index (χ3n) is 5.00. The molecule has 0 aliphatic rings. The van der Waals surface area contributed by atoms with Crippen LogP contribution in [0.5, 0.6) is 17.2 Å². The van der Waals surface area contributed by atoms with Crippen LogP contribution in [0.2, 0.25) is 0 Å². The predicted octanol–water partition coefficient (Wildman–Crippen LogP) is 4.78. The maximum Gasteiger partial charge on any atom is 0.262 e. The highest BCUT2D eigenvalue weighted by molar-refractivity contribution is 5.91. The number of rotatable bonds is 11. The summed E-state index contributed by atoms with van der Waals surface area (Å²) in [6, 6.07) is 21.4. The maximum atomic E-state index is 12.2. The molecule has 0 aromatic heterocycles. The molecule has 0 heterocycles. The molecule has 6 nitrogen and oxygen atoms in total. The number of halogens is 1. The van der Waals surface area contributed by atoms with Gasteiger partial charge in [-0.25, -0.2) is 0 Å². The Hall–Kier alpha value is -3.22. The molecule has 0 bridgehead atoms. The van der Waals surface area contributed by atoms with E-state index in [0.29, 0.717) is 18.0 Å². The quantitative estimate of drug-likeness (QED) is 0.394. The van der Waals surface area contributed by atoms with Gasteiger partial charge in [-0.1, -0.05) is 35.9 Å². The van der Waals surface area contributed by atoms with Gasteiger partial charge in [0, 0.05) is 12.2 Å². The first-order valence-corrected chi connectivity index (χ1v) is 10.6. The van der Waals surface area contributed by atoms with Gasteiger partial charge in [-0.15, -0.1) is 12.4 Å². The molecule has 2 N–H and O–H groups in total. The number of ether oxygens (including phenoxy) is 3. The second-order valence-corrected chi connectivity index (χ2v) is 7.46. The number of carbonyl (C=O) groups is 1. The number of hydrogen-bond acceptors (Lipinski definition) is 5. The van der Waals surface area contributed by atoms with Crippen molar-refractivity contribution in [3.8, 4) is 17.2 Å². The highest BCUT2D eigenvalue weighted by Gasteiger charge is 2.09. The Morgan fingerprint density at radius 2 is 1.55 bits per heavy atom. The Morgan fingerprint density at radius 1 is 0.848 bits per heavy atom. The zero-order valence-corrected chi connectivity index (χ0v) is 20.0. The first kappa shape index (κ1) is 26.0. The lowest BCUT2D eigenvalue weighted by Crippen LogP contribution is -2.20. The first-order chi connectivity index (χ1) is 15.6. The summed E-state index contributed by atoms with van der Waals surface area (Å²) in [5.74, 6) is 1.78. The van der Waals surface area contributed by atoms with Gasteiger partial charge in [0.1, 0.15) is 5.75 Å². The fourth-order valence-corrected chi connectivity index (χ4v) is 3.18. The SMILES string of the molecule is COc1ccc(CCNCc2ccc(OCC(=O)Nc3ccc(C)cc3)c(OC)c2)cc1.Cl. The van der Waals surface area contributed by atoms with Crippen LogP contribution >= 0.6 is 12.4 Å². The number of hydrogen-bond donors (Lipinski definition) is 2. The molecule has 0 radical (unpaired) electrons. The van der Waals surface area contributed by atoms with E-state index in [9.17, 15) is 4.79 Å². The Labute approximate surface area is 201 Å². The Balaban J connectivity index is 0.00000385. The fraction of sp³-hybridized carbons (Fsp3) is 0.269. The van der Waals surface area contributed by atoms with Crippen molar-refractivity contribution in [1.82, 2.24) is 5.32 Å². The molecule has 0 spiro atoms. The lowest BCUT2D eigenvalue weighted by atomic mass is 10.1. The fourth-order valence-electron chi connectivity index (χ4n) is 3.18. The Morgan fingerprint density at radius 3 is 2.21 bits per heavy atom. The molecule has 0 aliphatic carbocycles. The number of carbonyl (C=O) groups excluding carboxylic acids is 1. The van der Waals surface area contributed by atoms with E-state index in [1.807, 2.05) is 61.5 Å². The van der Waals surface area contributed by atoms with Crippen LogP contribution in [0.3, 0.4) is 0 Å². The minimum atomic E-state index is -0.222. The minimum Gasteiger partial charge on any atom is -0.497 e. The average Bonchev–Trinajstić information content (AvgIpc) is 2.82. The topological polar surface area (TPSA) is 68.8 Å². The third-order valence-corrected chi connectivity index (χ3v) is 5.00. The molecule has 3 aromatic rings. The van der Waals surface area contributed by atoms with E-state index in [-0.39, 0.29) is 24.9 Å². The molecule has 0 saturated heterocycles. The molecule has 1 amide bonds. The van der Waals surface area contributed by atoms with E-state index in [1.165, 1.54) is 5.56 Å². The van der Waals surface area contributed by atoms with Gasteiger partial charge in [-0.2, -0.15) is 0 Å². The first-order valence-electron chi connectivity index (χ1n) is 10.6. The molecular formula is C26H31ClN2O4. The smallest absolute Gasteiger partial charge is 0.262 e. The summed E-state index contributed by atoms with van der Waals surface area (Å²) in [6.45, 7) is 3.47. The van der Waals surface area contributed by atoms with Crippen molar-refractivity contribution in [3.05, 3.63) is 83.4 Å². The summed E-state index contributed by atoms with van der Waals surface area (Å²) >= 11 is 0. The molecule has 0 fully saturated rings. The van der Waals surface area contributed by atoms with Crippen molar-refractivity contribution in [2.75, 3.05) is 32.7 Å². The van der Waals surface area contributed by atoms with Crippen LogP contribution in [0.25, 0.3) is 0 Å². The van der Waals surface area contributed by atoms with Gasteiger partial charge in [0.25, 0.3) is 5.91 Å². The van der Waals surface area contributed by atoms with E-state index in [2.05, 4.69) is 22.8 Å². The van der Waals surface area contributed by atoms with Gasteiger partial charge in [0.05, 0.1) is 14.2 Å². The van der Waals surface area contributed by atoms with Gasteiger partial charge < -0.3 is 24.8 Å². The number of benzene rings is 3. The van der Waals surface area contributed by atoms with Crippen molar-refractivity contribution in [2.45, 2.75) is 19.9 Å². The molecule has 0 atom stereocenters. The Kier molecular flexibility index (Phi) is 10.5. The van der Waals surface area contributed by atoms with Crippen LogP contribution in [0.15, 0.2) is 66.7 Å². The van der Waals surface area contributed by atoms with Gasteiger partial charge in [-0.3, -0.25) is 4.79 Å². The zero-order valence-electron chi connectivity index (χ0n) is 19.2. The zero-order chi connectivity index (χ0) is 22.8. The number of anilines is 1.